The third-order valence-corrected chi connectivity index (χ3v) is 4.02. The van der Waals surface area contributed by atoms with Gasteiger partial charge in [0.2, 0.25) is 0 Å². The van der Waals surface area contributed by atoms with Crippen LogP contribution in [0.2, 0.25) is 0 Å². The predicted octanol–water partition coefficient (Wildman–Crippen LogP) is 4.35. The lowest BCUT2D eigenvalue weighted by molar-refractivity contribution is 0.411. The van der Waals surface area contributed by atoms with Gasteiger partial charge in [-0.1, -0.05) is 12.1 Å². The van der Waals surface area contributed by atoms with Gasteiger partial charge in [-0.05, 0) is 59.2 Å². The van der Waals surface area contributed by atoms with Crippen LogP contribution in [0.25, 0.3) is 0 Å². The van der Waals surface area contributed by atoms with Crippen molar-refractivity contribution in [2.24, 2.45) is 0 Å². The zero-order valence-corrected chi connectivity index (χ0v) is 13.6. The summed E-state index contributed by atoms with van der Waals surface area (Å²) in [6, 6.07) is 7.49. The van der Waals surface area contributed by atoms with Gasteiger partial charge in [0.05, 0.1) is 17.6 Å². The Hall–Kier alpha value is -1.46. The van der Waals surface area contributed by atoms with Crippen LogP contribution in [-0.4, -0.2) is 14.2 Å². The number of rotatable bonds is 4. The molecule has 1 N–H and O–H groups in total. The Morgan fingerprint density at radius 1 is 1.19 bits per heavy atom. The van der Waals surface area contributed by atoms with E-state index in [1.54, 1.807) is 26.3 Å². The molecule has 2 aromatic rings. The molecule has 2 nitrogen and oxygen atoms in total. The molecule has 0 aliphatic carbocycles. The standard InChI is InChI=1S/C16H16BrF2NO/c1-9-8-10(4-7-13(9)21-3)16(20-2)14-12(18)6-5-11(17)15(14)19/h4-8,16,20H,1-3H3. The maximum absolute atomic E-state index is 14.3. The fourth-order valence-electron chi connectivity index (χ4n) is 2.37. The highest BCUT2D eigenvalue weighted by molar-refractivity contribution is 9.10. The highest BCUT2D eigenvalue weighted by Gasteiger charge is 2.22. The molecule has 0 aliphatic rings. The van der Waals surface area contributed by atoms with Crippen LogP contribution in [0.3, 0.4) is 0 Å². The van der Waals surface area contributed by atoms with Crippen LogP contribution in [0.1, 0.15) is 22.7 Å². The molecule has 0 radical (unpaired) electrons. The van der Waals surface area contributed by atoms with E-state index in [0.717, 1.165) is 16.9 Å². The van der Waals surface area contributed by atoms with Crippen LogP contribution in [0.15, 0.2) is 34.8 Å². The van der Waals surface area contributed by atoms with Gasteiger partial charge in [0.25, 0.3) is 0 Å². The minimum Gasteiger partial charge on any atom is -0.496 e. The molecule has 0 heterocycles. The molecule has 112 valence electrons. The van der Waals surface area contributed by atoms with Crippen molar-refractivity contribution in [1.29, 1.82) is 0 Å². The SMILES string of the molecule is CNC(c1ccc(OC)c(C)c1)c1c(F)ccc(Br)c1F. The van der Waals surface area contributed by atoms with Crippen LogP contribution < -0.4 is 10.1 Å². The molecule has 21 heavy (non-hydrogen) atoms. The summed E-state index contributed by atoms with van der Waals surface area (Å²) in [5.74, 6) is -0.435. The van der Waals surface area contributed by atoms with Crippen molar-refractivity contribution >= 4 is 15.9 Å². The van der Waals surface area contributed by atoms with Crippen LogP contribution in [0.4, 0.5) is 8.78 Å². The minimum absolute atomic E-state index is 0.00329. The summed E-state index contributed by atoms with van der Waals surface area (Å²) >= 11 is 3.10. The first kappa shape index (κ1) is 15.9. The molecule has 0 saturated heterocycles. The molecule has 2 rings (SSSR count). The second-order valence-electron chi connectivity index (χ2n) is 4.71. The Balaban J connectivity index is 2.55. The normalized spacial score (nSPS) is 12.3. The van der Waals surface area contributed by atoms with Gasteiger partial charge in [0.1, 0.15) is 17.4 Å². The highest BCUT2D eigenvalue weighted by Crippen LogP contribution is 2.32. The minimum atomic E-state index is -0.595. The smallest absolute Gasteiger partial charge is 0.145 e. The predicted molar refractivity (Wildman–Crippen MR) is 82.7 cm³/mol. The molecule has 0 aromatic heterocycles. The second kappa shape index (κ2) is 6.54. The van der Waals surface area contributed by atoms with E-state index in [9.17, 15) is 8.78 Å². The third kappa shape index (κ3) is 3.09. The van der Waals surface area contributed by atoms with Crippen molar-refractivity contribution in [1.82, 2.24) is 5.32 Å². The van der Waals surface area contributed by atoms with Gasteiger partial charge >= 0.3 is 0 Å². The lowest BCUT2D eigenvalue weighted by atomic mass is 9.96. The number of ether oxygens (including phenoxy) is 1. The van der Waals surface area contributed by atoms with Crippen molar-refractivity contribution in [3.8, 4) is 5.75 Å². The van der Waals surface area contributed by atoms with Crippen LogP contribution in [0, 0.1) is 18.6 Å². The number of methoxy groups -OCH3 is 1. The first-order valence-electron chi connectivity index (χ1n) is 6.44. The topological polar surface area (TPSA) is 21.3 Å². The van der Waals surface area contributed by atoms with Crippen LogP contribution in [-0.2, 0) is 0 Å². The molecule has 5 heteroatoms. The molecule has 0 bridgehead atoms. The number of benzene rings is 2. The number of hydrogen-bond acceptors (Lipinski definition) is 2. The Morgan fingerprint density at radius 2 is 1.90 bits per heavy atom. The van der Waals surface area contributed by atoms with E-state index in [-0.39, 0.29) is 10.0 Å². The summed E-state index contributed by atoms with van der Waals surface area (Å²) in [5.41, 5.74) is 1.68. The molecule has 0 fully saturated rings. The van der Waals surface area contributed by atoms with Gasteiger partial charge in [-0.25, -0.2) is 8.78 Å². The highest BCUT2D eigenvalue weighted by atomic mass is 79.9. The number of halogens is 3. The van der Waals surface area contributed by atoms with E-state index in [1.165, 1.54) is 12.1 Å². The first-order chi connectivity index (χ1) is 9.99. The van der Waals surface area contributed by atoms with Crippen molar-refractivity contribution in [2.45, 2.75) is 13.0 Å². The Labute approximate surface area is 131 Å². The molecule has 0 spiro atoms. The molecule has 1 unspecified atom stereocenters. The Bertz CT molecular complexity index is 661. The van der Waals surface area contributed by atoms with Gasteiger partial charge < -0.3 is 10.1 Å². The van der Waals surface area contributed by atoms with Crippen molar-refractivity contribution in [2.75, 3.05) is 14.2 Å². The monoisotopic (exact) mass is 355 g/mol. The maximum Gasteiger partial charge on any atom is 0.145 e. The molecular weight excluding hydrogens is 340 g/mol. The summed E-state index contributed by atoms with van der Waals surface area (Å²) in [5, 5.41) is 2.97. The van der Waals surface area contributed by atoms with Gasteiger partial charge in [-0.3, -0.25) is 0 Å². The van der Waals surface area contributed by atoms with Crippen molar-refractivity contribution in [3.05, 3.63) is 63.1 Å². The summed E-state index contributed by atoms with van der Waals surface area (Å²) in [4.78, 5) is 0. The van der Waals surface area contributed by atoms with Gasteiger partial charge in [0, 0.05) is 5.56 Å². The number of hydrogen-bond donors (Lipinski definition) is 1. The summed E-state index contributed by atoms with van der Waals surface area (Å²) in [6.45, 7) is 1.89. The fraction of sp³-hybridized carbons (Fsp3) is 0.250. The van der Waals surface area contributed by atoms with Crippen molar-refractivity contribution < 1.29 is 13.5 Å². The van der Waals surface area contributed by atoms with Crippen LogP contribution in [0.5, 0.6) is 5.75 Å². The fourth-order valence-corrected chi connectivity index (χ4v) is 2.71. The largest absolute Gasteiger partial charge is 0.496 e. The third-order valence-electron chi connectivity index (χ3n) is 3.41. The van der Waals surface area contributed by atoms with Gasteiger partial charge in [-0.15, -0.1) is 0 Å². The first-order valence-corrected chi connectivity index (χ1v) is 7.24. The number of nitrogens with one attached hydrogen (secondary N) is 1. The van der Waals surface area contributed by atoms with E-state index in [4.69, 9.17) is 4.74 Å². The van der Waals surface area contributed by atoms with Crippen molar-refractivity contribution in [3.63, 3.8) is 0 Å². The summed E-state index contributed by atoms with van der Waals surface area (Å²) in [6.07, 6.45) is 0. The number of aryl methyl sites for hydroxylation is 1. The lowest BCUT2D eigenvalue weighted by Crippen LogP contribution is -2.20. The van der Waals surface area contributed by atoms with E-state index in [1.807, 2.05) is 13.0 Å². The van der Waals surface area contributed by atoms with E-state index in [2.05, 4.69) is 21.2 Å². The average Bonchev–Trinajstić information content (AvgIpc) is 2.47. The molecular formula is C16H16BrF2NO. The molecule has 2 aromatic carbocycles. The second-order valence-corrected chi connectivity index (χ2v) is 5.56. The lowest BCUT2D eigenvalue weighted by Gasteiger charge is -2.20. The zero-order chi connectivity index (χ0) is 15.6. The maximum atomic E-state index is 14.3. The average molecular weight is 356 g/mol. The zero-order valence-electron chi connectivity index (χ0n) is 12.0. The molecule has 1 atom stereocenters. The molecule has 0 amide bonds. The summed E-state index contributed by atoms with van der Waals surface area (Å²) < 4.78 is 33.8. The molecule has 0 aliphatic heterocycles. The Kier molecular flexibility index (Phi) is 4.96. The summed E-state index contributed by atoms with van der Waals surface area (Å²) in [7, 11) is 3.26. The van der Waals surface area contributed by atoms with Gasteiger partial charge in [0.15, 0.2) is 0 Å². The van der Waals surface area contributed by atoms with Gasteiger partial charge in [-0.2, -0.15) is 0 Å². The van der Waals surface area contributed by atoms with E-state index >= 15 is 0 Å². The quantitative estimate of drug-likeness (QED) is 0.823. The van der Waals surface area contributed by atoms with E-state index in [0.29, 0.717) is 0 Å². The molecule has 0 saturated carbocycles. The van der Waals surface area contributed by atoms with E-state index < -0.39 is 17.7 Å². The Morgan fingerprint density at radius 3 is 2.48 bits per heavy atom. The van der Waals surface area contributed by atoms with Crippen LogP contribution >= 0.6 is 15.9 Å².